The van der Waals surface area contributed by atoms with E-state index in [4.69, 9.17) is 9.47 Å². The number of para-hydroxylation sites is 1. The Labute approximate surface area is 452 Å². The van der Waals surface area contributed by atoms with Crippen molar-refractivity contribution in [3.63, 3.8) is 0 Å². The molecule has 0 amide bonds. The molecule has 0 atom stereocenters. The highest BCUT2D eigenvalue weighted by Gasteiger charge is 2.16. The fraction of sp³-hybridized carbons (Fsp3) is 0.471. The number of benzene rings is 5. The summed E-state index contributed by atoms with van der Waals surface area (Å²) in [5, 5.41) is 21.8. The maximum atomic E-state index is 13.4. The number of anilines is 3. The van der Waals surface area contributed by atoms with Crippen LogP contribution in [-0.2, 0) is 0 Å². The van der Waals surface area contributed by atoms with Crippen LogP contribution >= 0.6 is 0 Å². The third-order valence-corrected chi connectivity index (χ3v) is 14.2. The van der Waals surface area contributed by atoms with Gasteiger partial charge in [0.05, 0.1) is 13.2 Å². The fourth-order valence-electron chi connectivity index (χ4n) is 9.57. The molecule has 0 spiro atoms. The van der Waals surface area contributed by atoms with E-state index in [1.54, 1.807) is 48.5 Å². The summed E-state index contributed by atoms with van der Waals surface area (Å²) in [5.41, 5.74) is 4.44. The van der Waals surface area contributed by atoms with Gasteiger partial charge in [-0.25, -0.2) is 0 Å². The van der Waals surface area contributed by atoms with Gasteiger partial charge in [-0.05, 0) is 122 Å². The molecule has 5 aromatic carbocycles. The summed E-state index contributed by atoms with van der Waals surface area (Å²) in [5.74, 6) is 0.636. The van der Waals surface area contributed by atoms with Gasteiger partial charge in [0.25, 0.3) is 0 Å². The van der Waals surface area contributed by atoms with Crippen LogP contribution in [-0.4, -0.2) is 35.0 Å². The minimum atomic E-state index is -0.317. The lowest BCUT2D eigenvalue weighted by atomic mass is 10.0. The van der Waals surface area contributed by atoms with Gasteiger partial charge in [0, 0.05) is 51.5 Å². The largest absolute Gasteiger partial charge is 0.507 e. The normalized spacial score (nSPS) is 11.7. The summed E-state index contributed by atoms with van der Waals surface area (Å²) in [6, 6.07) is 38.7. The number of nitrogens with zero attached hydrogens (tertiary/aromatic N) is 1. The van der Waals surface area contributed by atoms with Crippen molar-refractivity contribution in [3.8, 4) is 11.5 Å². The standard InChI is InChI=1S/C68H91NO6/c1-3-5-7-9-11-13-15-17-19-21-23-25-27-32-52-74-63-48-40-58(41-49-63)67(72)54-65(70)56-36-44-61(45-37-56)69(60-34-30-29-31-35-60)62-46-38-57(39-47-62)66(71)55-68(73)59-42-50-64(51-43-59)75-53-33-28-26-24-22-20-18-16-14-12-10-8-6-4-2/h29-31,34-51,54-55,72-73H,3-28,32-33,52-53H2,1-2H3/b67-54-,68-55-. The van der Waals surface area contributed by atoms with E-state index in [9.17, 15) is 19.8 Å². The van der Waals surface area contributed by atoms with Gasteiger partial charge in [0.1, 0.15) is 23.0 Å². The molecular formula is C68H91NO6. The smallest absolute Gasteiger partial charge is 0.189 e. The van der Waals surface area contributed by atoms with Crippen LogP contribution in [0.5, 0.6) is 11.5 Å². The molecule has 0 saturated heterocycles. The van der Waals surface area contributed by atoms with E-state index >= 15 is 0 Å². The number of unbranched alkanes of at least 4 members (excludes halogenated alkanes) is 26. The third-order valence-electron chi connectivity index (χ3n) is 14.2. The molecule has 5 aromatic rings. The molecule has 5 rings (SSSR count). The first kappa shape index (κ1) is 59.8. The lowest BCUT2D eigenvalue weighted by molar-refractivity contribution is 0.103. The van der Waals surface area contributed by atoms with Crippen molar-refractivity contribution in [1.82, 2.24) is 0 Å². The zero-order chi connectivity index (χ0) is 53.0. The van der Waals surface area contributed by atoms with Gasteiger partial charge in [-0.2, -0.15) is 0 Å². The molecule has 2 N–H and O–H groups in total. The topological polar surface area (TPSA) is 96.3 Å². The lowest BCUT2D eigenvalue weighted by Crippen LogP contribution is -2.10. The van der Waals surface area contributed by atoms with Crippen molar-refractivity contribution in [2.24, 2.45) is 0 Å². The Hall–Kier alpha value is -6.08. The summed E-state index contributed by atoms with van der Waals surface area (Å²) in [7, 11) is 0. The molecule has 7 nitrogen and oxygen atoms in total. The summed E-state index contributed by atoms with van der Waals surface area (Å²) in [6.45, 7) is 5.87. The SMILES string of the molecule is CCCCCCCCCCCCCCCCOc1ccc(/C(O)=C/C(=O)c2ccc(N(c3ccccc3)c3ccc(C(=O)/C=C(\O)c4ccc(OCCCCCCCCCCCCCCCC)cc4)cc3)cc2)cc1. The number of hydrogen-bond acceptors (Lipinski definition) is 7. The summed E-state index contributed by atoms with van der Waals surface area (Å²) in [4.78, 5) is 28.8. The Morgan fingerprint density at radius 1 is 0.347 bits per heavy atom. The van der Waals surface area contributed by atoms with Gasteiger partial charge < -0.3 is 24.6 Å². The average Bonchev–Trinajstić information content (AvgIpc) is 3.44. The van der Waals surface area contributed by atoms with Gasteiger partial charge in [-0.3, -0.25) is 9.59 Å². The Morgan fingerprint density at radius 3 is 0.920 bits per heavy atom. The van der Waals surface area contributed by atoms with Crippen molar-refractivity contribution in [3.05, 3.63) is 162 Å². The number of ketones is 2. The molecule has 0 saturated carbocycles. The highest BCUT2D eigenvalue weighted by Crippen LogP contribution is 2.35. The van der Waals surface area contributed by atoms with Gasteiger partial charge in [0.15, 0.2) is 11.6 Å². The Bertz CT molecular complexity index is 2200. The number of carbonyl (C=O) groups excluding carboxylic acids is 2. The second-order valence-electron chi connectivity index (χ2n) is 20.5. The van der Waals surface area contributed by atoms with Crippen molar-refractivity contribution in [2.75, 3.05) is 18.1 Å². The highest BCUT2D eigenvalue weighted by atomic mass is 16.5. The highest BCUT2D eigenvalue weighted by molar-refractivity contribution is 6.09. The molecule has 0 aliphatic heterocycles. The number of carbonyl (C=O) groups is 2. The Balaban J connectivity index is 1.03. The summed E-state index contributed by atoms with van der Waals surface area (Å²) in [6.07, 6.45) is 39.5. The molecule has 75 heavy (non-hydrogen) atoms. The van der Waals surface area contributed by atoms with E-state index in [1.165, 1.54) is 179 Å². The van der Waals surface area contributed by atoms with Gasteiger partial charge in [-0.15, -0.1) is 0 Å². The number of rotatable bonds is 41. The zero-order valence-electron chi connectivity index (χ0n) is 46.0. The van der Waals surface area contributed by atoms with Crippen LogP contribution in [0.25, 0.3) is 11.5 Å². The van der Waals surface area contributed by atoms with E-state index in [1.807, 2.05) is 83.8 Å². The number of allylic oxidation sites excluding steroid dienone is 2. The first-order valence-corrected chi connectivity index (χ1v) is 29.3. The van der Waals surface area contributed by atoms with Crippen LogP contribution < -0.4 is 14.4 Å². The Kier molecular flexibility index (Phi) is 29.3. The third kappa shape index (κ3) is 23.6. The number of hydrogen-bond donors (Lipinski definition) is 2. The molecule has 0 heterocycles. The first-order valence-electron chi connectivity index (χ1n) is 29.3. The number of aliphatic hydroxyl groups is 2. The molecular weight excluding hydrogens is 927 g/mol. The lowest BCUT2D eigenvalue weighted by Gasteiger charge is -2.25. The minimum absolute atomic E-state index is 0.112. The first-order chi connectivity index (χ1) is 36.9. The summed E-state index contributed by atoms with van der Waals surface area (Å²) >= 11 is 0. The van der Waals surface area contributed by atoms with Crippen LogP contribution in [0.15, 0.2) is 140 Å². The minimum Gasteiger partial charge on any atom is -0.507 e. The average molecular weight is 1020 g/mol. The zero-order valence-corrected chi connectivity index (χ0v) is 46.0. The predicted octanol–water partition coefficient (Wildman–Crippen LogP) is 20.4. The molecule has 7 heteroatoms. The molecule has 0 radical (unpaired) electrons. The second-order valence-corrected chi connectivity index (χ2v) is 20.5. The van der Waals surface area contributed by atoms with Crippen LogP contribution in [0.2, 0.25) is 0 Å². The van der Waals surface area contributed by atoms with E-state index in [0.29, 0.717) is 35.5 Å². The van der Waals surface area contributed by atoms with Crippen LogP contribution in [0, 0.1) is 0 Å². The molecule has 0 fully saturated rings. The fourth-order valence-corrected chi connectivity index (χ4v) is 9.57. The molecule has 0 bridgehead atoms. The summed E-state index contributed by atoms with van der Waals surface area (Å²) < 4.78 is 11.9. The van der Waals surface area contributed by atoms with Crippen LogP contribution in [0.3, 0.4) is 0 Å². The van der Waals surface area contributed by atoms with Crippen molar-refractivity contribution >= 4 is 40.1 Å². The molecule has 0 aliphatic rings. The number of aliphatic hydroxyl groups excluding tert-OH is 2. The van der Waals surface area contributed by atoms with E-state index in [2.05, 4.69) is 13.8 Å². The molecule has 0 unspecified atom stereocenters. The van der Waals surface area contributed by atoms with Gasteiger partial charge >= 0.3 is 0 Å². The van der Waals surface area contributed by atoms with Gasteiger partial charge in [0.2, 0.25) is 0 Å². The van der Waals surface area contributed by atoms with Gasteiger partial charge in [-0.1, -0.05) is 199 Å². The van der Waals surface area contributed by atoms with E-state index in [-0.39, 0.29) is 23.1 Å². The van der Waals surface area contributed by atoms with Crippen LogP contribution in [0.1, 0.15) is 225 Å². The van der Waals surface area contributed by atoms with Crippen molar-refractivity contribution < 1.29 is 29.3 Å². The van der Waals surface area contributed by atoms with Crippen LogP contribution in [0.4, 0.5) is 17.1 Å². The maximum absolute atomic E-state index is 13.4. The Morgan fingerprint density at radius 2 is 0.613 bits per heavy atom. The molecule has 0 aliphatic carbocycles. The van der Waals surface area contributed by atoms with E-state index in [0.717, 1.165) is 41.4 Å². The predicted molar refractivity (Wildman–Crippen MR) is 315 cm³/mol. The monoisotopic (exact) mass is 1020 g/mol. The number of ether oxygens (including phenoxy) is 2. The van der Waals surface area contributed by atoms with E-state index < -0.39 is 0 Å². The second kappa shape index (κ2) is 36.8. The molecule has 404 valence electrons. The quantitative estimate of drug-likeness (QED) is 0.0174. The van der Waals surface area contributed by atoms with Crippen molar-refractivity contribution in [2.45, 2.75) is 194 Å². The van der Waals surface area contributed by atoms with Crippen molar-refractivity contribution in [1.29, 1.82) is 0 Å². The molecule has 0 aromatic heterocycles. The maximum Gasteiger partial charge on any atom is 0.189 e.